The summed E-state index contributed by atoms with van der Waals surface area (Å²) in [6, 6.07) is 9.90. The molecule has 1 aliphatic heterocycles. The minimum atomic E-state index is -0.329. The molecule has 0 bridgehead atoms. The SMILES string of the molecule is CC1(C)CC(n2c(=O)c3c4c(sc3n(Cc3ccccc3)c2=O)CCC4)CCO1. The molecule has 0 N–H and O–H groups in total. The maximum Gasteiger partial charge on any atom is 0.332 e. The van der Waals surface area contributed by atoms with Gasteiger partial charge in [0.05, 0.1) is 17.5 Å². The van der Waals surface area contributed by atoms with Gasteiger partial charge in [-0.25, -0.2) is 4.79 Å². The Morgan fingerprint density at radius 1 is 1.17 bits per heavy atom. The van der Waals surface area contributed by atoms with Crippen LogP contribution in [0.15, 0.2) is 39.9 Å². The molecule has 0 amide bonds. The Kier molecular flexibility index (Phi) is 4.51. The van der Waals surface area contributed by atoms with Crippen molar-refractivity contribution in [1.29, 1.82) is 0 Å². The Morgan fingerprint density at radius 3 is 2.72 bits per heavy atom. The molecule has 29 heavy (non-hydrogen) atoms. The third-order valence-corrected chi connectivity index (χ3v) is 7.55. The van der Waals surface area contributed by atoms with Gasteiger partial charge in [-0.15, -0.1) is 11.3 Å². The minimum Gasteiger partial charge on any atom is -0.375 e. The lowest BCUT2D eigenvalue weighted by Gasteiger charge is -2.36. The molecule has 6 heteroatoms. The predicted molar refractivity (Wildman–Crippen MR) is 116 cm³/mol. The molecule has 1 aromatic carbocycles. The summed E-state index contributed by atoms with van der Waals surface area (Å²) in [6.45, 7) is 5.13. The number of benzene rings is 1. The van der Waals surface area contributed by atoms with Crippen molar-refractivity contribution >= 4 is 21.6 Å². The molecular weight excluding hydrogens is 384 g/mol. The quantitative estimate of drug-likeness (QED) is 0.658. The second kappa shape index (κ2) is 6.96. The lowest BCUT2D eigenvalue weighted by molar-refractivity contribution is -0.0702. The van der Waals surface area contributed by atoms with Gasteiger partial charge >= 0.3 is 5.69 Å². The number of fused-ring (bicyclic) bond motifs is 3. The standard InChI is InChI=1S/C23H26N2O3S/c1-23(2)13-16(11-12-28-23)25-20(26)19-17-9-6-10-18(17)29-21(19)24(22(25)27)14-15-7-4-3-5-8-15/h3-5,7-8,16H,6,9-14H2,1-2H3. The van der Waals surface area contributed by atoms with E-state index in [1.165, 1.54) is 10.4 Å². The first-order valence-corrected chi connectivity index (χ1v) is 11.2. The van der Waals surface area contributed by atoms with Gasteiger partial charge in [-0.2, -0.15) is 0 Å². The Bertz CT molecular complexity index is 1190. The highest BCUT2D eigenvalue weighted by molar-refractivity contribution is 7.18. The van der Waals surface area contributed by atoms with Crippen molar-refractivity contribution in [3.8, 4) is 0 Å². The number of aryl methyl sites for hydroxylation is 2. The zero-order chi connectivity index (χ0) is 20.2. The molecule has 5 rings (SSSR count). The smallest absolute Gasteiger partial charge is 0.332 e. The number of nitrogens with zero attached hydrogens (tertiary/aromatic N) is 2. The summed E-state index contributed by atoms with van der Waals surface area (Å²) in [7, 11) is 0. The van der Waals surface area contributed by atoms with Gasteiger partial charge in [0, 0.05) is 17.5 Å². The molecule has 2 aliphatic rings. The maximum absolute atomic E-state index is 13.6. The maximum atomic E-state index is 13.6. The molecule has 1 atom stereocenters. The van der Waals surface area contributed by atoms with E-state index in [0.717, 1.165) is 35.0 Å². The number of rotatable bonds is 3. The first-order valence-electron chi connectivity index (χ1n) is 10.4. The summed E-state index contributed by atoms with van der Waals surface area (Å²) in [6.07, 6.45) is 4.41. The average molecular weight is 411 g/mol. The molecule has 152 valence electrons. The fraction of sp³-hybridized carbons (Fsp3) is 0.478. The third-order valence-electron chi connectivity index (χ3n) is 6.24. The van der Waals surface area contributed by atoms with Crippen LogP contribution in [0.3, 0.4) is 0 Å². The third kappa shape index (κ3) is 3.19. The van der Waals surface area contributed by atoms with E-state index in [-0.39, 0.29) is 22.9 Å². The number of aromatic nitrogens is 2. The van der Waals surface area contributed by atoms with Crippen molar-refractivity contribution in [1.82, 2.24) is 9.13 Å². The van der Waals surface area contributed by atoms with Gasteiger partial charge in [0.2, 0.25) is 0 Å². The fourth-order valence-electron chi connectivity index (χ4n) is 4.87. The summed E-state index contributed by atoms with van der Waals surface area (Å²) in [5.41, 5.74) is 1.63. The van der Waals surface area contributed by atoms with Gasteiger partial charge in [0.25, 0.3) is 5.56 Å². The van der Waals surface area contributed by atoms with Crippen LogP contribution in [0.25, 0.3) is 10.2 Å². The van der Waals surface area contributed by atoms with Gasteiger partial charge in [0.1, 0.15) is 4.83 Å². The van der Waals surface area contributed by atoms with Crippen molar-refractivity contribution in [3.05, 3.63) is 67.2 Å². The monoisotopic (exact) mass is 410 g/mol. The largest absolute Gasteiger partial charge is 0.375 e. The van der Waals surface area contributed by atoms with Crippen molar-refractivity contribution in [3.63, 3.8) is 0 Å². The number of thiophene rings is 1. The van der Waals surface area contributed by atoms with E-state index < -0.39 is 0 Å². The summed E-state index contributed by atoms with van der Waals surface area (Å²) in [5, 5.41) is 0.780. The van der Waals surface area contributed by atoms with Crippen LogP contribution < -0.4 is 11.2 Å². The zero-order valence-electron chi connectivity index (χ0n) is 16.9. The average Bonchev–Trinajstić information content (AvgIpc) is 3.26. The van der Waals surface area contributed by atoms with Gasteiger partial charge in [-0.1, -0.05) is 30.3 Å². The molecular formula is C23H26N2O3S. The first-order chi connectivity index (χ1) is 13.9. The topological polar surface area (TPSA) is 53.2 Å². The van der Waals surface area contributed by atoms with Crippen molar-refractivity contribution in [2.45, 2.75) is 64.1 Å². The number of hydrogen-bond donors (Lipinski definition) is 0. The minimum absolute atomic E-state index is 0.101. The van der Waals surface area contributed by atoms with E-state index in [9.17, 15) is 9.59 Å². The normalized spacial score (nSPS) is 20.8. The zero-order valence-corrected chi connectivity index (χ0v) is 17.8. The van der Waals surface area contributed by atoms with E-state index in [1.54, 1.807) is 15.9 Å². The van der Waals surface area contributed by atoms with Crippen LogP contribution in [-0.2, 0) is 24.1 Å². The molecule has 1 saturated heterocycles. The molecule has 2 aromatic heterocycles. The molecule has 1 aliphatic carbocycles. The highest BCUT2D eigenvalue weighted by atomic mass is 32.1. The molecule has 3 aromatic rings. The summed E-state index contributed by atoms with van der Waals surface area (Å²) in [5.74, 6) is 0. The molecule has 5 nitrogen and oxygen atoms in total. The van der Waals surface area contributed by atoms with Crippen LogP contribution in [0.2, 0.25) is 0 Å². The van der Waals surface area contributed by atoms with Gasteiger partial charge in [-0.3, -0.25) is 13.9 Å². The molecule has 0 spiro atoms. The molecule has 1 fully saturated rings. The van der Waals surface area contributed by atoms with Crippen molar-refractivity contribution < 1.29 is 4.74 Å². The van der Waals surface area contributed by atoms with Gasteiger partial charge in [-0.05, 0) is 57.1 Å². The fourth-order valence-corrected chi connectivity index (χ4v) is 6.24. The van der Waals surface area contributed by atoms with E-state index in [4.69, 9.17) is 4.74 Å². The highest BCUT2D eigenvalue weighted by Gasteiger charge is 2.33. The van der Waals surface area contributed by atoms with Crippen LogP contribution in [-0.4, -0.2) is 21.3 Å². The molecule has 1 unspecified atom stereocenters. The van der Waals surface area contributed by atoms with E-state index in [0.29, 0.717) is 26.0 Å². The van der Waals surface area contributed by atoms with Gasteiger partial charge < -0.3 is 4.74 Å². The highest BCUT2D eigenvalue weighted by Crippen LogP contribution is 2.36. The Balaban J connectivity index is 1.75. The molecule has 0 saturated carbocycles. The predicted octanol–water partition coefficient (Wildman–Crippen LogP) is 3.89. The van der Waals surface area contributed by atoms with E-state index >= 15 is 0 Å². The van der Waals surface area contributed by atoms with Crippen molar-refractivity contribution in [2.75, 3.05) is 6.61 Å². The second-order valence-electron chi connectivity index (χ2n) is 8.82. The van der Waals surface area contributed by atoms with Crippen molar-refractivity contribution in [2.24, 2.45) is 0 Å². The molecule has 3 heterocycles. The van der Waals surface area contributed by atoms with Crippen LogP contribution in [0.4, 0.5) is 0 Å². The van der Waals surface area contributed by atoms with Crippen LogP contribution in [0, 0.1) is 0 Å². The summed E-state index contributed by atoms with van der Waals surface area (Å²) in [4.78, 5) is 29.4. The lowest BCUT2D eigenvalue weighted by Crippen LogP contribution is -2.46. The number of hydrogen-bond acceptors (Lipinski definition) is 4. The molecule has 0 radical (unpaired) electrons. The van der Waals surface area contributed by atoms with Gasteiger partial charge in [0.15, 0.2) is 0 Å². The Hall–Kier alpha value is -2.18. The first kappa shape index (κ1) is 18.8. The Morgan fingerprint density at radius 2 is 1.97 bits per heavy atom. The summed E-state index contributed by atoms with van der Waals surface area (Å²) >= 11 is 1.64. The lowest BCUT2D eigenvalue weighted by atomic mass is 9.93. The van der Waals surface area contributed by atoms with Crippen LogP contribution >= 0.6 is 11.3 Å². The van der Waals surface area contributed by atoms with Crippen LogP contribution in [0.1, 0.15) is 55.2 Å². The Labute approximate surface area is 173 Å². The van der Waals surface area contributed by atoms with E-state index in [1.807, 2.05) is 48.7 Å². The number of ether oxygens (including phenoxy) is 1. The van der Waals surface area contributed by atoms with Crippen LogP contribution in [0.5, 0.6) is 0 Å². The second-order valence-corrected chi connectivity index (χ2v) is 9.91. The summed E-state index contributed by atoms with van der Waals surface area (Å²) < 4.78 is 9.22. The van der Waals surface area contributed by atoms with E-state index in [2.05, 4.69) is 0 Å².